The predicted molar refractivity (Wildman–Crippen MR) is 67.8 cm³/mol. The fourth-order valence-electron chi connectivity index (χ4n) is 2.71. The molecule has 6 heteroatoms. The van der Waals surface area contributed by atoms with Gasteiger partial charge >= 0.3 is 6.18 Å². The number of nitrogens with zero attached hydrogens (tertiary/aromatic N) is 1. The van der Waals surface area contributed by atoms with E-state index in [1.807, 2.05) is 0 Å². The number of halogens is 3. The van der Waals surface area contributed by atoms with Gasteiger partial charge in [0.15, 0.2) is 5.01 Å². The van der Waals surface area contributed by atoms with Crippen molar-refractivity contribution in [2.75, 3.05) is 0 Å². The summed E-state index contributed by atoms with van der Waals surface area (Å²) < 4.78 is 37.7. The molecule has 0 spiro atoms. The van der Waals surface area contributed by atoms with E-state index in [2.05, 4.69) is 18.8 Å². The van der Waals surface area contributed by atoms with Crippen LogP contribution in [-0.2, 0) is 11.8 Å². The van der Waals surface area contributed by atoms with Crippen LogP contribution in [0, 0.1) is 11.8 Å². The van der Waals surface area contributed by atoms with E-state index in [4.69, 9.17) is 0 Å². The Morgan fingerprint density at radius 1 is 1.47 bits per heavy atom. The first-order valence-electron chi connectivity index (χ1n) is 6.48. The average molecular weight is 293 g/mol. The highest BCUT2D eigenvalue weighted by Crippen LogP contribution is 2.45. The SMILES string of the molecule is CC(C)C1CCCC(O)(c2cnc(C(F)(F)F)s2)C1. The molecule has 1 heterocycles. The average Bonchev–Trinajstić information content (AvgIpc) is 2.78. The van der Waals surface area contributed by atoms with Gasteiger partial charge in [-0.3, -0.25) is 0 Å². The molecule has 1 aliphatic rings. The van der Waals surface area contributed by atoms with Gasteiger partial charge in [-0.05, 0) is 37.5 Å². The molecule has 2 unspecified atom stereocenters. The molecule has 1 saturated carbocycles. The minimum atomic E-state index is -4.43. The Labute approximate surface area is 114 Å². The molecule has 0 amide bonds. The smallest absolute Gasteiger partial charge is 0.384 e. The van der Waals surface area contributed by atoms with E-state index in [1.165, 1.54) is 6.20 Å². The zero-order valence-corrected chi connectivity index (χ0v) is 11.8. The highest BCUT2D eigenvalue weighted by atomic mass is 32.1. The molecule has 1 fully saturated rings. The largest absolute Gasteiger partial charge is 0.443 e. The van der Waals surface area contributed by atoms with Crippen LogP contribution in [-0.4, -0.2) is 10.1 Å². The van der Waals surface area contributed by atoms with Gasteiger partial charge in [0.1, 0.15) is 5.60 Å². The maximum atomic E-state index is 12.6. The van der Waals surface area contributed by atoms with E-state index in [0.717, 1.165) is 12.8 Å². The zero-order chi connectivity index (χ0) is 14.3. The van der Waals surface area contributed by atoms with Crippen LogP contribution in [0.15, 0.2) is 6.20 Å². The van der Waals surface area contributed by atoms with E-state index in [1.54, 1.807) is 0 Å². The Kier molecular flexibility index (Phi) is 3.93. The summed E-state index contributed by atoms with van der Waals surface area (Å²) in [6, 6.07) is 0. The quantitative estimate of drug-likeness (QED) is 0.886. The lowest BCUT2D eigenvalue weighted by Crippen LogP contribution is -2.33. The molecule has 2 atom stereocenters. The molecule has 0 radical (unpaired) electrons. The second kappa shape index (κ2) is 5.05. The Bertz CT molecular complexity index is 443. The van der Waals surface area contributed by atoms with Crippen molar-refractivity contribution in [1.82, 2.24) is 4.98 Å². The summed E-state index contributed by atoms with van der Waals surface area (Å²) in [7, 11) is 0. The van der Waals surface area contributed by atoms with Crippen LogP contribution in [0.1, 0.15) is 49.4 Å². The minimum Gasteiger partial charge on any atom is -0.384 e. The summed E-state index contributed by atoms with van der Waals surface area (Å²) in [6.45, 7) is 4.18. The number of aliphatic hydroxyl groups is 1. The molecule has 0 bridgehead atoms. The van der Waals surface area contributed by atoms with Gasteiger partial charge in [0.25, 0.3) is 0 Å². The number of hydrogen-bond donors (Lipinski definition) is 1. The monoisotopic (exact) mass is 293 g/mol. The number of hydrogen-bond acceptors (Lipinski definition) is 3. The lowest BCUT2D eigenvalue weighted by molar-refractivity contribution is -0.137. The topological polar surface area (TPSA) is 33.1 Å². The molecule has 1 aromatic heterocycles. The van der Waals surface area contributed by atoms with Crippen molar-refractivity contribution >= 4 is 11.3 Å². The normalized spacial score (nSPS) is 28.9. The van der Waals surface area contributed by atoms with Gasteiger partial charge in [0, 0.05) is 6.20 Å². The first kappa shape index (κ1) is 14.8. The minimum absolute atomic E-state index is 0.352. The lowest BCUT2D eigenvalue weighted by atomic mass is 9.73. The fraction of sp³-hybridized carbons (Fsp3) is 0.769. The van der Waals surface area contributed by atoms with Crippen LogP contribution in [0.2, 0.25) is 0 Å². The number of thiazole rings is 1. The van der Waals surface area contributed by atoms with Gasteiger partial charge < -0.3 is 5.11 Å². The van der Waals surface area contributed by atoms with E-state index >= 15 is 0 Å². The molecule has 2 nitrogen and oxygen atoms in total. The van der Waals surface area contributed by atoms with Crippen LogP contribution >= 0.6 is 11.3 Å². The highest BCUT2D eigenvalue weighted by Gasteiger charge is 2.41. The van der Waals surface area contributed by atoms with Crippen molar-refractivity contribution in [3.8, 4) is 0 Å². The first-order chi connectivity index (χ1) is 8.72. The van der Waals surface area contributed by atoms with Gasteiger partial charge in [-0.1, -0.05) is 13.8 Å². The van der Waals surface area contributed by atoms with Gasteiger partial charge in [-0.25, -0.2) is 4.98 Å². The third-order valence-corrected chi connectivity index (χ3v) is 5.15. The molecule has 108 valence electrons. The van der Waals surface area contributed by atoms with Crippen LogP contribution in [0.25, 0.3) is 0 Å². The lowest BCUT2D eigenvalue weighted by Gasteiger charge is -2.37. The molecule has 0 aliphatic heterocycles. The molecular weight excluding hydrogens is 275 g/mol. The molecule has 0 saturated heterocycles. The van der Waals surface area contributed by atoms with Gasteiger partial charge in [0.2, 0.25) is 0 Å². The van der Waals surface area contributed by atoms with Crippen molar-refractivity contribution in [1.29, 1.82) is 0 Å². The summed E-state index contributed by atoms with van der Waals surface area (Å²) in [5.74, 6) is 0.789. The van der Waals surface area contributed by atoms with Crippen molar-refractivity contribution in [3.63, 3.8) is 0 Å². The van der Waals surface area contributed by atoms with E-state index in [0.29, 0.717) is 40.9 Å². The van der Waals surface area contributed by atoms with E-state index in [-0.39, 0.29) is 0 Å². The second-order valence-electron chi connectivity index (χ2n) is 5.66. The van der Waals surface area contributed by atoms with Gasteiger partial charge in [0.05, 0.1) is 4.88 Å². The second-order valence-corrected chi connectivity index (χ2v) is 6.69. The van der Waals surface area contributed by atoms with E-state index < -0.39 is 16.8 Å². The number of aromatic nitrogens is 1. The van der Waals surface area contributed by atoms with Gasteiger partial charge in [-0.15, -0.1) is 11.3 Å². The van der Waals surface area contributed by atoms with Crippen LogP contribution in [0.3, 0.4) is 0 Å². The standard InChI is InChI=1S/C13H18F3NOS/c1-8(2)9-4-3-5-12(18,6-9)10-7-17-11(19-10)13(14,15)16/h7-9,18H,3-6H2,1-2H3. The van der Waals surface area contributed by atoms with Crippen LogP contribution in [0.4, 0.5) is 13.2 Å². The summed E-state index contributed by atoms with van der Waals surface area (Å²) in [4.78, 5) is 3.76. The fourth-order valence-corrected chi connectivity index (χ4v) is 3.62. The molecule has 1 N–H and O–H groups in total. The maximum Gasteiger partial charge on any atom is 0.443 e. The molecular formula is C13H18F3NOS. The Hall–Kier alpha value is -0.620. The van der Waals surface area contributed by atoms with Gasteiger partial charge in [-0.2, -0.15) is 13.2 Å². The molecule has 1 aromatic rings. The zero-order valence-electron chi connectivity index (χ0n) is 11.0. The van der Waals surface area contributed by atoms with Crippen molar-refractivity contribution in [3.05, 3.63) is 16.1 Å². The summed E-state index contributed by atoms with van der Waals surface area (Å²) in [6.07, 6.45) is -0.301. The molecule has 19 heavy (non-hydrogen) atoms. The number of rotatable bonds is 2. The van der Waals surface area contributed by atoms with Crippen molar-refractivity contribution < 1.29 is 18.3 Å². The molecule has 0 aromatic carbocycles. The van der Waals surface area contributed by atoms with E-state index in [9.17, 15) is 18.3 Å². The predicted octanol–water partition coefficient (Wildman–Crippen LogP) is 4.20. The number of alkyl halides is 3. The Morgan fingerprint density at radius 2 is 2.16 bits per heavy atom. The molecule has 2 rings (SSSR count). The summed E-state index contributed by atoms with van der Waals surface area (Å²) >= 11 is 0.573. The Morgan fingerprint density at radius 3 is 2.68 bits per heavy atom. The van der Waals surface area contributed by atoms with Crippen LogP contribution in [0.5, 0.6) is 0 Å². The van der Waals surface area contributed by atoms with Crippen molar-refractivity contribution in [2.45, 2.75) is 51.3 Å². The molecule has 1 aliphatic carbocycles. The maximum absolute atomic E-state index is 12.6. The highest BCUT2D eigenvalue weighted by molar-refractivity contribution is 7.11. The summed E-state index contributed by atoms with van der Waals surface area (Å²) in [5, 5.41) is 9.77. The first-order valence-corrected chi connectivity index (χ1v) is 7.30. The van der Waals surface area contributed by atoms with Crippen molar-refractivity contribution in [2.24, 2.45) is 11.8 Å². The third-order valence-electron chi connectivity index (χ3n) is 3.91. The summed E-state index contributed by atoms with van der Waals surface area (Å²) in [5.41, 5.74) is -1.13. The van der Waals surface area contributed by atoms with Crippen LogP contribution < -0.4 is 0 Å². The third kappa shape index (κ3) is 3.11. The Balaban J connectivity index is 2.22.